The van der Waals surface area contributed by atoms with Crippen LogP contribution in [0.3, 0.4) is 0 Å². The molecule has 2 heterocycles. The summed E-state index contributed by atoms with van der Waals surface area (Å²) in [6.45, 7) is 3.47. The van der Waals surface area contributed by atoms with Gasteiger partial charge in [-0.05, 0) is 42.3 Å². The minimum absolute atomic E-state index is 0.189. The molecule has 0 atom stereocenters. The molecule has 0 bridgehead atoms. The minimum Gasteiger partial charge on any atom is -0.496 e. The van der Waals surface area contributed by atoms with Gasteiger partial charge in [-0.15, -0.1) is 0 Å². The Balaban J connectivity index is 1.49. The van der Waals surface area contributed by atoms with Gasteiger partial charge in [-0.25, -0.2) is 0 Å². The van der Waals surface area contributed by atoms with Crippen molar-refractivity contribution in [3.63, 3.8) is 0 Å². The number of ketones is 1. The van der Waals surface area contributed by atoms with Gasteiger partial charge in [0.25, 0.3) is 0 Å². The number of carbonyl (C=O) groups is 1. The molecule has 2 aliphatic rings. The highest BCUT2D eigenvalue weighted by molar-refractivity contribution is 6.31. The number of rotatable bonds is 6. The van der Waals surface area contributed by atoms with Crippen LogP contribution in [0.25, 0.3) is 6.08 Å². The largest absolute Gasteiger partial charge is 0.496 e. The van der Waals surface area contributed by atoms with Crippen molar-refractivity contribution < 1.29 is 28.5 Å². The Kier molecular flexibility index (Phi) is 6.51. The molecule has 8 heteroatoms. The Morgan fingerprint density at radius 1 is 1.03 bits per heavy atom. The van der Waals surface area contributed by atoms with Crippen molar-refractivity contribution in [2.24, 2.45) is 0 Å². The highest BCUT2D eigenvalue weighted by Crippen LogP contribution is 2.45. The summed E-state index contributed by atoms with van der Waals surface area (Å²) >= 11 is 6.37. The van der Waals surface area contributed by atoms with E-state index >= 15 is 0 Å². The number of fused-ring (bicyclic) bond motifs is 3. The highest BCUT2D eigenvalue weighted by Gasteiger charge is 2.35. The molecule has 0 spiro atoms. The van der Waals surface area contributed by atoms with Crippen LogP contribution in [0.15, 0.2) is 48.2 Å². The molecule has 0 aliphatic carbocycles. The molecule has 0 amide bonds. The van der Waals surface area contributed by atoms with Gasteiger partial charge < -0.3 is 23.7 Å². The summed E-state index contributed by atoms with van der Waals surface area (Å²) in [4.78, 5) is 15.6. The second-order valence-electron chi connectivity index (χ2n) is 8.62. The van der Waals surface area contributed by atoms with Crippen molar-refractivity contribution in [3.8, 4) is 28.7 Å². The molecule has 0 aromatic heterocycles. The van der Waals surface area contributed by atoms with Crippen LogP contribution in [0.5, 0.6) is 28.7 Å². The molecule has 186 valence electrons. The first-order valence-electron chi connectivity index (χ1n) is 11.4. The lowest BCUT2D eigenvalue weighted by atomic mass is 9.98. The fourth-order valence-corrected chi connectivity index (χ4v) is 4.75. The summed E-state index contributed by atoms with van der Waals surface area (Å²) in [6.07, 6.45) is 1.67. The SMILES string of the molecule is COc1cc(OC)c(OC)cc1/C=C1\Oc2c3c(cc(C)c2C1=O)OCN(Cc1ccccc1Cl)C3. The molecule has 5 rings (SSSR count). The van der Waals surface area contributed by atoms with Crippen molar-refractivity contribution in [1.29, 1.82) is 0 Å². The predicted molar refractivity (Wildman–Crippen MR) is 136 cm³/mol. The van der Waals surface area contributed by atoms with Gasteiger partial charge in [0.1, 0.15) is 24.0 Å². The minimum atomic E-state index is -0.189. The van der Waals surface area contributed by atoms with Crippen LogP contribution < -0.4 is 23.7 Å². The number of carbonyl (C=O) groups excluding carboxylic acids is 1. The summed E-state index contributed by atoms with van der Waals surface area (Å²) < 4.78 is 28.6. The zero-order valence-corrected chi connectivity index (χ0v) is 21.3. The van der Waals surface area contributed by atoms with Crippen LogP contribution in [0.1, 0.15) is 32.6 Å². The van der Waals surface area contributed by atoms with Crippen molar-refractivity contribution in [3.05, 3.63) is 81.1 Å². The predicted octanol–water partition coefficient (Wildman–Crippen LogP) is 5.64. The van der Waals surface area contributed by atoms with E-state index in [-0.39, 0.29) is 11.5 Å². The Hall–Kier alpha value is -3.68. The van der Waals surface area contributed by atoms with Gasteiger partial charge in [0.2, 0.25) is 5.78 Å². The molecule has 0 fully saturated rings. The van der Waals surface area contributed by atoms with E-state index in [1.807, 2.05) is 37.3 Å². The third-order valence-electron chi connectivity index (χ3n) is 6.36. The number of ether oxygens (including phenoxy) is 5. The van der Waals surface area contributed by atoms with Crippen LogP contribution >= 0.6 is 11.6 Å². The maximum absolute atomic E-state index is 13.4. The molecular weight excluding hydrogens is 482 g/mol. The van der Waals surface area contributed by atoms with Gasteiger partial charge in [-0.3, -0.25) is 9.69 Å². The van der Waals surface area contributed by atoms with E-state index in [4.69, 9.17) is 35.3 Å². The highest BCUT2D eigenvalue weighted by atomic mass is 35.5. The van der Waals surface area contributed by atoms with E-state index in [1.54, 1.807) is 39.5 Å². The molecule has 2 aliphatic heterocycles. The van der Waals surface area contributed by atoms with Crippen LogP contribution in [-0.4, -0.2) is 38.7 Å². The number of aryl methyl sites for hydroxylation is 1. The maximum atomic E-state index is 13.4. The second-order valence-corrected chi connectivity index (χ2v) is 9.02. The smallest absolute Gasteiger partial charge is 0.232 e. The first-order valence-corrected chi connectivity index (χ1v) is 11.8. The van der Waals surface area contributed by atoms with Crippen LogP contribution in [0.4, 0.5) is 0 Å². The quantitative estimate of drug-likeness (QED) is 0.400. The van der Waals surface area contributed by atoms with Gasteiger partial charge in [0.15, 0.2) is 17.3 Å². The number of nitrogens with zero attached hydrogens (tertiary/aromatic N) is 1. The summed E-state index contributed by atoms with van der Waals surface area (Å²) in [5.74, 6) is 2.84. The van der Waals surface area contributed by atoms with E-state index in [0.717, 1.165) is 22.4 Å². The van der Waals surface area contributed by atoms with E-state index in [9.17, 15) is 4.79 Å². The van der Waals surface area contributed by atoms with Gasteiger partial charge in [-0.2, -0.15) is 0 Å². The molecule has 3 aromatic rings. The molecule has 36 heavy (non-hydrogen) atoms. The number of benzene rings is 3. The summed E-state index contributed by atoms with van der Waals surface area (Å²) in [5.41, 5.74) is 3.83. The third-order valence-corrected chi connectivity index (χ3v) is 6.73. The average molecular weight is 508 g/mol. The molecule has 0 N–H and O–H groups in total. The fourth-order valence-electron chi connectivity index (χ4n) is 4.55. The Morgan fingerprint density at radius 2 is 1.75 bits per heavy atom. The number of halogens is 1. The van der Waals surface area contributed by atoms with Crippen LogP contribution in [0, 0.1) is 6.92 Å². The van der Waals surface area contributed by atoms with Gasteiger partial charge in [0, 0.05) is 29.7 Å². The van der Waals surface area contributed by atoms with E-state index in [1.165, 1.54) is 0 Å². The number of methoxy groups -OCH3 is 3. The number of Topliss-reactive ketones (excluding diaryl/α,β-unsaturated/α-hetero) is 1. The Labute approximate surface area is 214 Å². The fraction of sp³-hybridized carbons (Fsp3) is 0.250. The lowest BCUT2D eigenvalue weighted by Crippen LogP contribution is -2.32. The Morgan fingerprint density at radius 3 is 2.47 bits per heavy atom. The number of hydrogen-bond acceptors (Lipinski definition) is 7. The summed E-state index contributed by atoms with van der Waals surface area (Å²) in [7, 11) is 4.66. The van der Waals surface area contributed by atoms with E-state index in [2.05, 4.69) is 4.90 Å². The topological polar surface area (TPSA) is 66.5 Å². The van der Waals surface area contributed by atoms with Crippen molar-refractivity contribution in [1.82, 2.24) is 4.90 Å². The van der Waals surface area contributed by atoms with E-state index < -0.39 is 0 Å². The molecule has 0 saturated carbocycles. The van der Waals surface area contributed by atoms with Crippen LogP contribution in [0.2, 0.25) is 5.02 Å². The maximum Gasteiger partial charge on any atom is 0.232 e. The normalized spacial score (nSPS) is 15.7. The zero-order chi connectivity index (χ0) is 25.4. The molecular formula is C28H26ClNO6. The van der Waals surface area contributed by atoms with Crippen molar-refractivity contribution in [2.75, 3.05) is 28.1 Å². The lowest BCUT2D eigenvalue weighted by molar-refractivity contribution is 0.0872. The van der Waals surface area contributed by atoms with Crippen molar-refractivity contribution in [2.45, 2.75) is 20.0 Å². The third kappa shape index (κ3) is 4.25. The number of hydrogen-bond donors (Lipinski definition) is 0. The second kappa shape index (κ2) is 9.76. The Bertz CT molecular complexity index is 1380. The molecule has 7 nitrogen and oxygen atoms in total. The first-order chi connectivity index (χ1) is 17.4. The lowest BCUT2D eigenvalue weighted by Gasteiger charge is -2.30. The van der Waals surface area contributed by atoms with Gasteiger partial charge >= 0.3 is 0 Å². The standard InChI is InChI=1S/C28H26ClNO6/c1-16-9-22-19(14-30(15-35-22)13-17-7-5-6-8-20(17)29)28-26(16)27(31)25(36-28)11-18-10-23(33-3)24(34-4)12-21(18)32-2/h5-12H,13-15H2,1-4H3/b25-11-. The molecule has 0 unspecified atom stereocenters. The zero-order valence-electron chi connectivity index (χ0n) is 20.5. The average Bonchev–Trinajstić information content (AvgIpc) is 3.22. The van der Waals surface area contributed by atoms with Crippen molar-refractivity contribution >= 4 is 23.5 Å². The van der Waals surface area contributed by atoms with E-state index in [0.29, 0.717) is 59.0 Å². The summed E-state index contributed by atoms with van der Waals surface area (Å²) in [5, 5.41) is 0.706. The molecule has 0 radical (unpaired) electrons. The molecule has 0 saturated heterocycles. The first kappa shape index (κ1) is 24.0. The summed E-state index contributed by atoms with van der Waals surface area (Å²) in [6, 6.07) is 13.1. The van der Waals surface area contributed by atoms with Crippen LogP contribution in [-0.2, 0) is 13.1 Å². The molecule has 3 aromatic carbocycles. The van der Waals surface area contributed by atoms with Gasteiger partial charge in [-0.1, -0.05) is 29.8 Å². The monoisotopic (exact) mass is 507 g/mol. The number of allylic oxidation sites excluding steroid dienone is 1. The van der Waals surface area contributed by atoms with Gasteiger partial charge in [0.05, 0.1) is 32.5 Å².